The van der Waals surface area contributed by atoms with E-state index in [4.69, 9.17) is 23.2 Å². The lowest BCUT2D eigenvalue weighted by Gasteiger charge is -2.17. The summed E-state index contributed by atoms with van der Waals surface area (Å²) in [6.45, 7) is 0. The van der Waals surface area contributed by atoms with Crippen molar-refractivity contribution in [3.05, 3.63) is 88.6 Å². The van der Waals surface area contributed by atoms with Gasteiger partial charge >= 0.3 is 12.4 Å². The van der Waals surface area contributed by atoms with Gasteiger partial charge in [-0.05, 0) is 30.3 Å². The molecule has 0 saturated heterocycles. The molecule has 0 spiro atoms. The Morgan fingerprint density at radius 2 is 1.42 bits per heavy atom. The van der Waals surface area contributed by atoms with E-state index >= 15 is 0 Å². The molecular weight excluding hydrogens is 491 g/mol. The van der Waals surface area contributed by atoms with Gasteiger partial charge in [-0.1, -0.05) is 35.3 Å². The van der Waals surface area contributed by atoms with Gasteiger partial charge in [-0.25, -0.2) is 4.98 Å². The summed E-state index contributed by atoms with van der Waals surface area (Å²) in [5.41, 5.74) is -1.84. The molecule has 0 saturated carbocycles. The number of benzene rings is 2. The van der Waals surface area contributed by atoms with Crippen molar-refractivity contribution in [1.29, 1.82) is 0 Å². The summed E-state index contributed by atoms with van der Waals surface area (Å²) in [5.74, 6) is 0. The lowest BCUT2D eigenvalue weighted by Crippen LogP contribution is -2.11. The Balaban J connectivity index is 1.94. The first-order valence-corrected chi connectivity index (χ1v) is 9.93. The van der Waals surface area contributed by atoms with Gasteiger partial charge in [0, 0.05) is 22.9 Å². The predicted molar refractivity (Wildman–Crippen MR) is 112 cm³/mol. The van der Waals surface area contributed by atoms with Crippen LogP contribution in [0.2, 0.25) is 10.0 Å². The molecule has 3 nitrogen and oxygen atoms in total. The highest BCUT2D eigenvalue weighted by molar-refractivity contribution is 6.43. The molecule has 0 N–H and O–H groups in total. The molecule has 11 heteroatoms. The minimum Gasteiger partial charge on any atom is -0.297 e. The molecule has 33 heavy (non-hydrogen) atoms. The average Bonchev–Trinajstić information content (AvgIpc) is 3.24. The maximum atomic E-state index is 13.3. The molecule has 0 unspecified atom stereocenters. The fraction of sp³-hybridized carbons (Fsp3) is 0.0909. The molecule has 2 aromatic heterocycles. The smallest absolute Gasteiger partial charge is 0.297 e. The zero-order valence-corrected chi connectivity index (χ0v) is 17.7. The first kappa shape index (κ1) is 23.1. The zero-order chi connectivity index (χ0) is 24.0. The molecule has 0 atom stereocenters. The summed E-state index contributed by atoms with van der Waals surface area (Å²) < 4.78 is 81.4. The van der Waals surface area contributed by atoms with Crippen LogP contribution in [0.15, 0.2) is 67.4 Å². The van der Waals surface area contributed by atoms with Gasteiger partial charge in [-0.15, -0.1) is 0 Å². The summed E-state index contributed by atoms with van der Waals surface area (Å²) in [6.07, 6.45) is -4.65. The van der Waals surface area contributed by atoms with Crippen molar-refractivity contribution >= 4 is 23.2 Å². The number of hydrogen-bond acceptors (Lipinski definition) is 2. The van der Waals surface area contributed by atoms with Crippen LogP contribution in [0.3, 0.4) is 0 Å². The fourth-order valence-corrected chi connectivity index (χ4v) is 3.72. The van der Waals surface area contributed by atoms with Gasteiger partial charge in [-0.2, -0.15) is 26.3 Å². The summed E-state index contributed by atoms with van der Waals surface area (Å²) in [5, 5.41) is 0.502. The fourth-order valence-electron chi connectivity index (χ4n) is 3.32. The maximum Gasteiger partial charge on any atom is 0.416 e. The molecule has 0 bridgehead atoms. The SMILES string of the molecule is FC(F)(F)c1cc(-c2cncn2-c2cnccc2-c2cccc(Cl)c2Cl)cc(C(F)(F)F)c1. The number of imidazole rings is 1. The largest absolute Gasteiger partial charge is 0.416 e. The molecule has 170 valence electrons. The first-order valence-electron chi connectivity index (χ1n) is 9.18. The summed E-state index contributed by atoms with van der Waals surface area (Å²) in [4.78, 5) is 7.99. The first-order chi connectivity index (χ1) is 15.5. The third-order valence-corrected chi connectivity index (χ3v) is 5.64. The van der Waals surface area contributed by atoms with Crippen LogP contribution < -0.4 is 0 Å². The van der Waals surface area contributed by atoms with E-state index in [0.29, 0.717) is 28.9 Å². The molecule has 0 amide bonds. The Morgan fingerprint density at radius 1 is 0.758 bits per heavy atom. The number of hydrogen-bond donors (Lipinski definition) is 0. The number of halogens is 8. The van der Waals surface area contributed by atoms with Gasteiger partial charge in [0.15, 0.2) is 0 Å². The Labute approximate surface area is 193 Å². The van der Waals surface area contributed by atoms with Gasteiger partial charge in [0.2, 0.25) is 0 Å². The highest BCUT2D eigenvalue weighted by Crippen LogP contribution is 2.40. The van der Waals surface area contributed by atoms with Gasteiger partial charge in [0.05, 0.1) is 51.3 Å². The van der Waals surface area contributed by atoms with Crippen molar-refractivity contribution in [3.8, 4) is 28.1 Å². The normalized spacial score (nSPS) is 12.2. The Morgan fingerprint density at radius 3 is 2.06 bits per heavy atom. The Kier molecular flexibility index (Phi) is 5.88. The number of nitrogens with zero attached hydrogens (tertiary/aromatic N) is 3. The molecule has 4 rings (SSSR count). The lowest BCUT2D eigenvalue weighted by molar-refractivity contribution is -0.143. The Hall–Kier alpha value is -3.04. The second kappa shape index (κ2) is 8.39. The highest BCUT2D eigenvalue weighted by atomic mass is 35.5. The average molecular weight is 502 g/mol. The minimum atomic E-state index is -4.98. The van der Waals surface area contributed by atoms with Crippen LogP contribution in [0, 0.1) is 0 Å². The highest BCUT2D eigenvalue weighted by Gasteiger charge is 2.37. The van der Waals surface area contributed by atoms with Crippen molar-refractivity contribution in [2.24, 2.45) is 0 Å². The monoisotopic (exact) mass is 501 g/mol. The van der Waals surface area contributed by atoms with E-state index in [0.717, 1.165) is 0 Å². The molecule has 0 aliphatic rings. The van der Waals surface area contributed by atoms with Crippen molar-refractivity contribution in [2.75, 3.05) is 0 Å². The van der Waals surface area contributed by atoms with E-state index in [1.54, 1.807) is 24.3 Å². The third-order valence-electron chi connectivity index (χ3n) is 4.82. The second-order valence-corrected chi connectivity index (χ2v) is 7.72. The van der Waals surface area contributed by atoms with Crippen LogP contribution in [0.4, 0.5) is 26.3 Å². The summed E-state index contributed by atoms with van der Waals surface area (Å²) >= 11 is 12.4. The molecule has 0 aliphatic heterocycles. The molecule has 4 aromatic rings. The molecular formula is C22H11Cl2F6N3. The van der Waals surface area contributed by atoms with E-state index in [1.807, 2.05) is 0 Å². The molecule has 0 fully saturated rings. The van der Waals surface area contributed by atoms with Crippen LogP contribution in [0.5, 0.6) is 0 Å². The molecule has 2 aromatic carbocycles. The maximum absolute atomic E-state index is 13.3. The standard InChI is InChI=1S/C22H11Cl2F6N3/c23-17-3-1-2-16(20(17)24)15-4-5-31-10-19(15)33-11-32-9-18(33)12-6-13(21(25,26)27)8-14(7-12)22(28,29)30/h1-11H. The van der Waals surface area contributed by atoms with Crippen LogP contribution in [-0.2, 0) is 12.4 Å². The minimum absolute atomic E-state index is 0.000925. The number of pyridine rings is 1. The van der Waals surface area contributed by atoms with E-state index < -0.39 is 23.5 Å². The van der Waals surface area contributed by atoms with Crippen molar-refractivity contribution in [1.82, 2.24) is 14.5 Å². The quantitative estimate of drug-likeness (QED) is 0.266. The van der Waals surface area contributed by atoms with Crippen LogP contribution >= 0.6 is 23.2 Å². The predicted octanol–water partition coefficient (Wildman–Crippen LogP) is 7.95. The number of alkyl halides is 6. The van der Waals surface area contributed by atoms with Gasteiger partial charge in [0.1, 0.15) is 0 Å². The van der Waals surface area contributed by atoms with Crippen molar-refractivity contribution < 1.29 is 26.3 Å². The molecule has 0 aliphatic carbocycles. The van der Waals surface area contributed by atoms with E-state index in [9.17, 15) is 26.3 Å². The van der Waals surface area contributed by atoms with Crippen LogP contribution in [0.1, 0.15) is 11.1 Å². The van der Waals surface area contributed by atoms with Crippen LogP contribution in [-0.4, -0.2) is 14.5 Å². The lowest BCUT2D eigenvalue weighted by atomic mass is 10.0. The van der Waals surface area contributed by atoms with Gasteiger partial charge in [0.25, 0.3) is 0 Å². The summed E-state index contributed by atoms with van der Waals surface area (Å²) in [7, 11) is 0. The van der Waals surface area contributed by atoms with Crippen molar-refractivity contribution in [2.45, 2.75) is 12.4 Å². The van der Waals surface area contributed by atoms with Gasteiger partial charge in [-0.3, -0.25) is 9.55 Å². The van der Waals surface area contributed by atoms with Gasteiger partial charge < -0.3 is 0 Å². The number of rotatable bonds is 3. The molecule has 0 radical (unpaired) electrons. The van der Waals surface area contributed by atoms with Crippen LogP contribution in [0.25, 0.3) is 28.1 Å². The topological polar surface area (TPSA) is 30.7 Å². The van der Waals surface area contributed by atoms with E-state index in [1.165, 1.54) is 29.5 Å². The third kappa shape index (κ3) is 4.56. The van der Waals surface area contributed by atoms with E-state index in [-0.39, 0.29) is 27.4 Å². The zero-order valence-electron chi connectivity index (χ0n) is 16.2. The second-order valence-electron chi connectivity index (χ2n) is 6.94. The summed E-state index contributed by atoms with van der Waals surface area (Å²) in [6, 6.07) is 7.88. The van der Waals surface area contributed by atoms with Crippen molar-refractivity contribution in [3.63, 3.8) is 0 Å². The number of aromatic nitrogens is 3. The van der Waals surface area contributed by atoms with E-state index in [2.05, 4.69) is 9.97 Å². The molecule has 2 heterocycles. The Bertz CT molecular complexity index is 1300.